The van der Waals surface area contributed by atoms with Crippen molar-refractivity contribution in [2.75, 3.05) is 6.61 Å². The minimum atomic E-state index is -0.846. The zero-order valence-corrected chi connectivity index (χ0v) is 16.2. The summed E-state index contributed by atoms with van der Waals surface area (Å²) in [5.74, 6) is -1.31. The second-order valence-corrected chi connectivity index (χ2v) is 6.65. The Labute approximate surface area is 167 Å². The number of aryl methyl sites for hydroxylation is 1. The monoisotopic (exact) mass is 395 g/mol. The molecule has 0 radical (unpaired) electrons. The maximum absolute atomic E-state index is 12.7. The molecule has 0 amide bonds. The van der Waals surface area contributed by atoms with Crippen LogP contribution < -0.4 is 5.73 Å². The third-order valence-electron chi connectivity index (χ3n) is 4.50. The SMILES string of the molecule is C=CCOC(=O)C1=C(C)OC(N)=C(C#N)[C@@H]1c1cc2cccc(C)c2nc1Cl. The van der Waals surface area contributed by atoms with Crippen molar-refractivity contribution >= 4 is 28.5 Å². The van der Waals surface area contributed by atoms with Gasteiger partial charge >= 0.3 is 5.97 Å². The summed E-state index contributed by atoms with van der Waals surface area (Å²) < 4.78 is 10.6. The Morgan fingerprint density at radius 1 is 1.50 bits per heavy atom. The fourth-order valence-electron chi connectivity index (χ4n) is 3.21. The van der Waals surface area contributed by atoms with Gasteiger partial charge in [-0.3, -0.25) is 0 Å². The van der Waals surface area contributed by atoms with Gasteiger partial charge < -0.3 is 15.2 Å². The molecule has 2 heterocycles. The van der Waals surface area contributed by atoms with Crippen molar-refractivity contribution in [1.82, 2.24) is 4.98 Å². The molecule has 7 heteroatoms. The summed E-state index contributed by atoms with van der Waals surface area (Å²) in [5.41, 5.74) is 8.35. The van der Waals surface area contributed by atoms with Gasteiger partial charge in [0.1, 0.15) is 29.2 Å². The fourth-order valence-corrected chi connectivity index (χ4v) is 3.46. The summed E-state index contributed by atoms with van der Waals surface area (Å²) in [7, 11) is 0. The highest BCUT2D eigenvalue weighted by atomic mass is 35.5. The molecule has 0 aliphatic carbocycles. The first-order valence-electron chi connectivity index (χ1n) is 8.51. The van der Waals surface area contributed by atoms with Crippen molar-refractivity contribution in [2.24, 2.45) is 5.73 Å². The van der Waals surface area contributed by atoms with E-state index in [0.717, 1.165) is 16.5 Å². The van der Waals surface area contributed by atoms with Crippen molar-refractivity contribution in [3.8, 4) is 6.07 Å². The number of benzene rings is 1. The molecular weight excluding hydrogens is 378 g/mol. The van der Waals surface area contributed by atoms with E-state index in [9.17, 15) is 10.1 Å². The highest BCUT2D eigenvalue weighted by molar-refractivity contribution is 6.31. The number of fused-ring (bicyclic) bond motifs is 1. The van der Waals surface area contributed by atoms with Crippen molar-refractivity contribution < 1.29 is 14.3 Å². The molecule has 2 aromatic rings. The van der Waals surface area contributed by atoms with Gasteiger partial charge in [0.15, 0.2) is 0 Å². The zero-order valence-electron chi connectivity index (χ0n) is 15.5. The number of nitrogens with zero attached hydrogens (tertiary/aromatic N) is 2. The van der Waals surface area contributed by atoms with E-state index in [0.29, 0.717) is 5.56 Å². The Kier molecular flexibility index (Phi) is 5.39. The normalized spacial score (nSPS) is 16.6. The number of nitrogens with two attached hydrogens (primary N) is 1. The molecule has 0 bridgehead atoms. The molecule has 1 aliphatic rings. The number of nitriles is 1. The topological polar surface area (TPSA) is 98.2 Å². The van der Waals surface area contributed by atoms with Gasteiger partial charge in [-0.2, -0.15) is 5.26 Å². The summed E-state index contributed by atoms with van der Waals surface area (Å²) in [6.45, 7) is 7.08. The van der Waals surface area contributed by atoms with Crippen LogP contribution in [0.25, 0.3) is 10.9 Å². The van der Waals surface area contributed by atoms with Crippen molar-refractivity contribution in [3.63, 3.8) is 0 Å². The summed E-state index contributed by atoms with van der Waals surface area (Å²) in [6, 6.07) is 9.56. The molecule has 1 aliphatic heterocycles. The van der Waals surface area contributed by atoms with Crippen LogP contribution in [0.5, 0.6) is 0 Å². The number of pyridine rings is 1. The maximum atomic E-state index is 12.7. The zero-order chi connectivity index (χ0) is 20.4. The highest BCUT2D eigenvalue weighted by Crippen LogP contribution is 2.42. The number of hydrogen-bond donors (Lipinski definition) is 1. The van der Waals surface area contributed by atoms with Gasteiger partial charge in [0.25, 0.3) is 0 Å². The molecule has 1 aromatic carbocycles. The second kappa shape index (κ2) is 7.75. The Bertz CT molecular complexity index is 1100. The molecule has 142 valence electrons. The lowest BCUT2D eigenvalue weighted by Gasteiger charge is -2.27. The predicted octanol–water partition coefficient (Wildman–Crippen LogP) is 4.01. The van der Waals surface area contributed by atoms with E-state index in [4.69, 9.17) is 26.8 Å². The maximum Gasteiger partial charge on any atom is 0.338 e. The van der Waals surface area contributed by atoms with E-state index >= 15 is 0 Å². The minimum absolute atomic E-state index is 0.0202. The van der Waals surface area contributed by atoms with Crippen molar-refractivity contribution in [1.29, 1.82) is 5.26 Å². The lowest BCUT2D eigenvalue weighted by atomic mass is 9.83. The number of para-hydroxylation sites is 1. The van der Waals surface area contributed by atoms with E-state index in [2.05, 4.69) is 11.6 Å². The molecule has 1 aromatic heterocycles. The molecule has 28 heavy (non-hydrogen) atoms. The van der Waals surface area contributed by atoms with E-state index in [1.165, 1.54) is 6.08 Å². The van der Waals surface area contributed by atoms with E-state index < -0.39 is 11.9 Å². The van der Waals surface area contributed by atoms with E-state index in [1.807, 2.05) is 37.3 Å². The lowest BCUT2D eigenvalue weighted by Crippen LogP contribution is -2.26. The van der Waals surface area contributed by atoms with Crippen molar-refractivity contribution in [2.45, 2.75) is 19.8 Å². The number of carbonyl (C=O) groups is 1. The summed E-state index contributed by atoms with van der Waals surface area (Å²) in [4.78, 5) is 17.2. The number of esters is 1. The molecule has 2 N–H and O–H groups in total. The molecule has 0 fully saturated rings. The molecule has 0 saturated carbocycles. The average Bonchev–Trinajstić information content (AvgIpc) is 2.66. The van der Waals surface area contributed by atoms with Crippen LogP contribution in [0.15, 0.2) is 59.7 Å². The third kappa shape index (κ3) is 3.32. The van der Waals surface area contributed by atoms with Gasteiger partial charge in [0, 0.05) is 10.9 Å². The lowest BCUT2D eigenvalue weighted by molar-refractivity contribution is -0.138. The number of ether oxygens (including phenoxy) is 2. The summed E-state index contributed by atoms with van der Waals surface area (Å²) in [6.07, 6.45) is 1.45. The van der Waals surface area contributed by atoms with Crippen LogP contribution >= 0.6 is 11.6 Å². The summed E-state index contributed by atoms with van der Waals surface area (Å²) in [5, 5.41) is 10.7. The third-order valence-corrected chi connectivity index (χ3v) is 4.80. The first kappa shape index (κ1) is 19.5. The standard InChI is InChI=1S/C21H18ClN3O3/c1-4-8-27-21(26)16-12(3)28-20(24)15(10-23)17(16)14-9-13-7-5-6-11(2)18(13)25-19(14)22/h4-7,9,17H,1,8,24H2,2-3H3/t17-/m0/s1. The Morgan fingerprint density at radius 3 is 2.93 bits per heavy atom. The van der Waals surface area contributed by atoms with Crippen LogP contribution in [0.1, 0.15) is 24.0 Å². The van der Waals surface area contributed by atoms with Crippen LogP contribution in [0, 0.1) is 18.3 Å². The van der Waals surface area contributed by atoms with Gasteiger partial charge in [0.2, 0.25) is 5.88 Å². The predicted molar refractivity (Wildman–Crippen MR) is 106 cm³/mol. The first-order valence-corrected chi connectivity index (χ1v) is 8.89. The minimum Gasteiger partial charge on any atom is -0.458 e. The molecule has 1 atom stereocenters. The number of rotatable bonds is 4. The molecule has 6 nitrogen and oxygen atoms in total. The fraction of sp³-hybridized carbons (Fsp3) is 0.190. The Hall–Kier alpha value is -3.30. The number of aromatic nitrogens is 1. The quantitative estimate of drug-likeness (QED) is 0.477. The van der Waals surface area contributed by atoms with Gasteiger partial charge in [-0.25, -0.2) is 9.78 Å². The molecule has 0 unspecified atom stereocenters. The number of halogens is 1. The van der Waals surface area contributed by atoms with Gasteiger partial charge in [-0.15, -0.1) is 0 Å². The van der Waals surface area contributed by atoms with E-state index in [1.54, 1.807) is 6.92 Å². The molecule has 0 saturated heterocycles. The molecule has 0 spiro atoms. The smallest absolute Gasteiger partial charge is 0.338 e. The first-order chi connectivity index (χ1) is 13.4. The van der Waals surface area contributed by atoms with Crippen LogP contribution in [-0.4, -0.2) is 17.6 Å². The molecule has 3 rings (SSSR count). The van der Waals surface area contributed by atoms with Crippen LogP contribution in [0.2, 0.25) is 5.15 Å². The van der Waals surface area contributed by atoms with Gasteiger partial charge in [0.05, 0.1) is 17.0 Å². The van der Waals surface area contributed by atoms with Gasteiger partial charge in [-0.05, 0) is 25.5 Å². The Balaban J connectivity index is 2.24. The van der Waals surface area contributed by atoms with Gasteiger partial charge in [-0.1, -0.05) is 42.5 Å². The number of hydrogen-bond acceptors (Lipinski definition) is 6. The Morgan fingerprint density at radius 2 is 2.25 bits per heavy atom. The van der Waals surface area contributed by atoms with Crippen LogP contribution in [0.4, 0.5) is 0 Å². The van der Waals surface area contributed by atoms with Crippen LogP contribution in [-0.2, 0) is 14.3 Å². The number of carbonyl (C=O) groups excluding carboxylic acids is 1. The highest BCUT2D eigenvalue weighted by Gasteiger charge is 2.37. The number of allylic oxidation sites excluding steroid dienone is 2. The van der Waals surface area contributed by atoms with Crippen LogP contribution in [0.3, 0.4) is 0 Å². The summed E-state index contributed by atoms with van der Waals surface area (Å²) >= 11 is 6.48. The van der Waals surface area contributed by atoms with Crippen molar-refractivity contribution in [3.05, 3.63) is 76.0 Å². The molecular formula is C21H18ClN3O3. The average molecular weight is 396 g/mol. The van der Waals surface area contributed by atoms with E-state index in [-0.39, 0.29) is 34.5 Å². The second-order valence-electron chi connectivity index (χ2n) is 6.30. The largest absolute Gasteiger partial charge is 0.458 e.